The van der Waals surface area contributed by atoms with E-state index >= 15 is 0 Å². The molecule has 4 rings (SSSR count). The maximum atomic E-state index is 13.2. The number of hydrogen-bond donors (Lipinski definition) is 3. The third-order valence-electron chi connectivity index (χ3n) is 7.01. The zero-order valence-corrected chi connectivity index (χ0v) is 25.4. The SMILES string of the molecule is COc1cc(C(=O)Nc2ccc(Cl)cc2OCCCCCC(=O)O)ccc1CNC(=O)c1ccccc1-c1ccc(C)cc1. The van der Waals surface area contributed by atoms with Gasteiger partial charge in [-0.2, -0.15) is 0 Å². The molecule has 3 N–H and O–H groups in total. The Hall–Kier alpha value is -4.82. The van der Waals surface area contributed by atoms with Crippen molar-refractivity contribution < 1.29 is 29.0 Å². The minimum absolute atomic E-state index is 0.120. The topological polar surface area (TPSA) is 114 Å². The highest BCUT2D eigenvalue weighted by atomic mass is 35.5. The highest BCUT2D eigenvalue weighted by Crippen LogP contribution is 2.30. The Bertz CT molecular complexity index is 1620. The zero-order chi connectivity index (χ0) is 31.5. The fraction of sp³-hybridized carbons (Fsp3) is 0.229. The van der Waals surface area contributed by atoms with E-state index in [0.717, 1.165) is 16.7 Å². The van der Waals surface area contributed by atoms with E-state index in [1.807, 2.05) is 49.4 Å². The lowest BCUT2D eigenvalue weighted by Gasteiger charge is -2.15. The van der Waals surface area contributed by atoms with Gasteiger partial charge in [-0.25, -0.2) is 0 Å². The summed E-state index contributed by atoms with van der Waals surface area (Å²) in [6.07, 6.45) is 2.06. The summed E-state index contributed by atoms with van der Waals surface area (Å²) in [6, 6.07) is 25.5. The van der Waals surface area contributed by atoms with Crippen LogP contribution in [0.5, 0.6) is 11.5 Å². The first-order valence-electron chi connectivity index (χ1n) is 14.3. The fourth-order valence-electron chi connectivity index (χ4n) is 4.62. The molecule has 4 aromatic carbocycles. The van der Waals surface area contributed by atoms with Crippen LogP contribution in [0.25, 0.3) is 11.1 Å². The Balaban J connectivity index is 1.40. The molecule has 0 unspecified atom stereocenters. The summed E-state index contributed by atoms with van der Waals surface area (Å²) in [5.74, 6) is -0.540. The van der Waals surface area contributed by atoms with Gasteiger partial charge in [-0.1, -0.05) is 65.7 Å². The van der Waals surface area contributed by atoms with Gasteiger partial charge in [0.25, 0.3) is 11.8 Å². The lowest BCUT2D eigenvalue weighted by molar-refractivity contribution is -0.137. The molecule has 0 radical (unpaired) electrons. The molecule has 0 atom stereocenters. The Labute approximate surface area is 262 Å². The first-order valence-corrected chi connectivity index (χ1v) is 14.7. The Morgan fingerprint density at radius 2 is 1.61 bits per heavy atom. The van der Waals surface area contributed by atoms with Gasteiger partial charge >= 0.3 is 5.97 Å². The number of carboxylic acid groups (broad SMARTS) is 1. The Morgan fingerprint density at radius 3 is 2.36 bits per heavy atom. The van der Waals surface area contributed by atoms with Crippen molar-refractivity contribution in [2.45, 2.75) is 39.2 Å². The third kappa shape index (κ3) is 8.84. The predicted octanol–water partition coefficient (Wildman–Crippen LogP) is 7.53. The second-order valence-electron chi connectivity index (χ2n) is 10.3. The molecule has 0 spiro atoms. The standard InChI is InChI=1S/C35H35ClN2O6/c1-23-11-13-24(14-12-23)28-8-5-6-9-29(28)35(42)37-22-26-16-15-25(20-31(26)43-2)34(41)38-30-18-17-27(36)21-32(30)44-19-7-3-4-10-33(39)40/h5-6,8-9,11-18,20-21H,3-4,7,10,19,22H2,1-2H3,(H,37,42)(H,38,41)(H,39,40). The van der Waals surface area contributed by atoms with Crippen LogP contribution >= 0.6 is 11.6 Å². The number of unbranched alkanes of at least 4 members (excludes halogenated alkanes) is 2. The van der Waals surface area contributed by atoms with Crippen molar-refractivity contribution >= 4 is 35.1 Å². The number of benzene rings is 4. The molecular weight excluding hydrogens is 580 g/mol. The van der Waals surface area contributed by atoms with Crippen LogP contribution in [-0.4, -0.2) is 36.6 Å². The summed E-state index contributed by atoms with van der Waals surface area (Å²) in [4.78, 5) is 37.1. The normalized spacial score (nSPS) is 10.6. The van der Waals surface area contributed by atoms with Crippen molar-refractivity contribution in [1.82, 2.24) is 5.32 Å². The van der Waals surface area contributed by atoms with Crippen molar-refractivity contribution in [3.05, 3.63) is 112 Å². The number of carbonyl (C=O) groups excluding carboxylic acids is 2. The molecule has 0 aliphatic carbocycles. The minimum atomic E-state index is -0.820. The number of methoxy groups -OCH3 is 1. The Kier molecular flexibility index (Phi) is 11.4. The highest BCUT2D eigenvalue weighted by molar-refractivity contribution is 6.30. The first-order chi connectivity index (χ1) is 21.2. The van der Waals surface area contributed by atoms with Crippen molar-refractivity contribution in [2.24, 2.45) is 0 Å². The maximum Gasteiger partial charge on any atom is 0.303 e. The molecule has 8 nitrogen and oxygen atoms in total. The summed E-state index contributed by atoms with van der Waals surface area (Å²) < 4.78 is 11.4. The van der Waals surface area contributed by atoms with Crippen molar-refractivity contribution in [2.75, 3.05) is 19.0 Å². The summed E-state index contributed by atoms with van der Waals surface area (Å²) in [5.41, 5.74) is 5.02. The summed E-state index contributed by atoms with van der Waals surface area (Å²) >= 11 is 6.16. The molecule has 0 saturated carbocycles. The monoisotopic (exact) mass is 614 g/mol. The number of hydrogen-bond acceptors (Lipinski definition) is 5. The molecule has 0 bridgehead atoms. The van der Waals surface area contributed by atoms with Gasteiger partial charge in [0.1, 0.15) is 11.5 Å². The van der Waals surface area contributed by atoms with Crippen LogP contribution in [0.4, 0.5) is 5.69 Å². The number of aliphatic carboxylic acids is 1. The molecule has 0 aromatic heterocycles. The largest absolute Gasteiger partial charge is 0.496 e. The quantitative estimate of drug-likeness (QED) is 0.127. The molecule has 0 aliphatic rings. The average molecular weight is 615 g/mol. The lowest BCUT2D eigenvalue weighted by Crippen LogP contribution is -2.24. The van der Waals surface area contributed by atoms with Gasteiger partial charge in [0.2, 0.25) is 0 Å². The van der Waals surface area contributed by atoms with E-state index in [1.54, 1.807) is 42.5 Å². The molecule has 228 valence electrons. The van der Waals surface area contributed by atoms with Gasteiger partial charge < -0.3 is 25.2 Å². The van der Waals surface area contributed by atoms with Gasteiger partial charge in [0, 0.05) is 40.7 Å². The number of aryl methyl sites for hydroxylation is 1. The molecule has 0 fully saturated rings. The van der Waals surface area contributed by atoms with Crippen LogP contribution in [-0.2, 0) is 11.3 Å². The number of carbonyl (C=O) groups is 3. The van der Waals surface area contributed by atoms with Crippen molar-refractivity contribution in [3.63, 3.8) is 0 Å². The zero-order valence-electron chi connectivity index (χ0n) is 24.7. The van der Waals surface area contributed by atoms with E-state index in [9.17, 15) is 14.4 Å². The average Bonchev–Trinajstić information content (AvgIpc) is 3.02. The predicted molar refractivity (Wildman–Crippen MR) is 172 cm³/mol. The molecule has 9 heteroatoms. The molecule has 0 aliphatic heterocycles. The number of carboxylic acids is 1. The molecule has 0 saturated heterocycles. The maximum absolute atomic E-state index is 13.2. The van der Waals surface area contributed by atoms with Gasteiger partial charge in [-0.3, -0.25) is 14.4 Å². The van der Waals surface area contributed by atoms with Crippen LogP contribution in [0.2, 0.25) is 5.02 Å². The van der Waals surface area contributed by atoms with Crippen LogP contribution in [0, 0.1) is 6.92 Å². The summed E-state index contributed by atoms with van der Waals surface area (Å²) in [6.45, 7) is 2.58. The van der Waals surface area contributed by atoms with Crippen LogP contribution in [0.15, 0.2) is 84.9 Å². The second kappa shape index (κ2) is 15.6. The van der Waals surface area contributed by atoms with E-state index in [1.165, 1.54) is 7.11 Å². The smallest absolute Gasteiger partial charge is 0.303 e. The van der Waals surface area contributed by atoms with E-state index in [4.69, 9.17) is 26.2 Å². The molecular formula is C35H35ClN2O6. The lowest BCUT2D eigenvalue weighted by atomic mass is 9.98. The van der Waals surface area contributed by atoms with Gasteiger partial charge in [0.05, 0.1) is 19.4 Å². The number of anilines is 1. The summed E-state index contributed by atoms with van der Waals surface area (Å²) in [7, 11) is 1.51. The van der Waals surface area contributed by atoms with Gasteiger partial charge in [-0.15, -0.1) is 0 Å². The van der Waals surface area contributed by atoms with E-state index in [0.29, 0.717) is 64.8 Å². The van der Waals surface area contributed by atoms with Crippen LogP contribution in [0.3, 0.4) is 0 Å². The number of nitrogens with one attached hydrogen (secondary N) is 2. The molecule has 2 amide bonds. The fourth-order valence-corrected chi connectivity index (χ4v) is 4.78. The summed E-state index contributed by atoms with van der Waals surface area (Å²) in [5, 5.41) is 15.1. The molecule has 4 aromatic rings. The number of halogens is 1. The number of rotatable bonds is 14. The van der Waals surface area contributed by atoms with E-state index in [-0.39, 0.29) is 24.8 Å². The number of ether oxygens (including phenoxy) is 2. The first kappa shape index (κ1) is 32.1. The van der Waals surface area contributed by atoms with E-state index < -0.39 is 5.97 Å². The van der Waals surface area contributed by atoms with Gasteiger partial charge in [0.15, 0.2) is 0 Å². The van der Waals surface area contributed by atoms with Crippen molar-refractivity contribution in [3.8, 4) is 22.6 Å². The molecule has 0 heterocycles. The van der Waals surface area contributed by atoms with Crippen molar-refractivity contribution in [1.29, 1.82) is 0 Å². The molecule has 44 heavy (non-hydrogen) atoms. The van der Waals surface area contributed by atoms with Crippen LogP contribution < -0.4 is 20.1 Å². The second-order valence-corrected chi connectivity index (χ2v) is 10.7. The van der Waals surface area contributed by atoms with E-state index in [2.05, 4.69) is 10.6 Å². The third-order valence-corrected chi connectivity index (χ3v) is 7.24. The number of amides is 2. The highest BCUT2D eigenvalue weighted by Gasteiger charge is 2.16. The van der Waals surface area contributed by atoms with Gasteiger partial charge in [-0.05, 0) is 67.6 Å². The van der Waals surface area contributed by atoms with Crippen LogP contribution in [0.1, 0.15) is 57.5 Å². The minimum Gasteiger partial charge on any atom is -0.496 e. The Morgan fingerprint density at radius 1 is 0.841 bits per heavy atom.